The maximum Gasteiger partial charge on any atom is 0.210 e. The minimum Gasteiger partial charge on any atom is -0.352 e. The third-order valence-electron chi connectivity index (χ3n) is 1.78. The minimum atomic E-state index is -0.111. The number of halogens is 1. The van der Waals surface area contributed by atoms with Gasteiger partial charge in [-0.15, -0.1) is 0 Å². The van der Waals surface area contributed by atoms with Gasteiger partial charge in [-0.3, -0.25) is 4.79 Å². The predicted molar refractivity (Wildman–Crippen MR) is 51.7 cm³/mol. The lowest BCUT2D eigenvalue weighted by Crippen LogP contribution is -1.88. The molecule has 1 aromatic heterocycles. The number of carbonyl (C=O) groups is 1. The Morgan fingerprint density at radius 1 is 1.54 bits per heavy atom. The van der Waals surface area contributed by atoms with Gasteiger partial charge in [0, 0.05) is 11.4 Å². The number of hydrogen-bond donors (Lipinski definition) is 0. The van der Waals surface area contributed by atoms with E-state index in [0.717, 1.165) is 9.86 Å². The fourth-order valence-corrected chi connectivity index (χ4v) is 1.62. The average molecular weight is 240 g/mol. The summed E-state index contributed by atoms with van der Waals surface area (Å²) < 4.78 is 5.76. The summed E-state index contributed by atoms with van der Waals surface area (Å²) >= 11 is 3.33. The topological polar surface area (TPSA) is 43.1 Å². The number of aromatic nitrogens is 1. The molecule has 0 amide bonds. The van der Waals surface area contributed by atoms with E-state index in [1.165, 1.54) is 6.92 Å². The van der Waals surface area contributed by atoms with Crippen molar-refractivity contribution < 1.29 is 9.32 Å². The molecular weight excluding hydrogens is 234 g/mol. The molecule has 66 valence electrons. The molecule has 0 saturated carbocycles. The Kier molecular flexibility index (Phi) is 1.92. The second-order valence-electron chi connectivity index (χ2n) is 2.70. The Balaban J connectivity index is 2.83. The summed E-state index contributed by atoms with van der Waals surface area (Å²) in [5, 5.41) is 4.55. The zero-order valence-electron chi connectivity index (χ0n) is 6.87. The quantitative estimate of drug-likeness (QED) is 0.719. The van der Waals surface area contributed by atoms with Crippen LogP contribution in [0, 0.1) is 0 Å². The second-order valence-corrected chi connectivity index (χ2v) is 3.56. The molecule has 4 heteroatoms. The van der Waals surface area contributed by atoms with Crippen LogP contribution in [0.15, 0.2) is 27.2 Å². The van der Waals surface area contributed by atoms with E-state index in [1.54, 1.807) is 0 Å². The fraction of sp³-hybridized carbons (Fsp3) is 0.111. The molecule has 0 N–H and O–H groups in total. The smallest absolute Gasteiger partial charge is 0.210 e. The first-order valence-electron chi connectivity index (χ1n) is 3.75. The van der Waals surface area contributed by atoms with Crippen LogP contribution in [0.3, 0.4) is 0 Å². The maximum absolute atomic E-state index is 11.1. The van der Waals surface area contributed by atoms with Gasteiger partial charge in [0.15, 0.2) is 5.78 Å². The standard InChI is InChI=1S/C9H6BrNO2/c1-5(12)9-6-3-2-4-7(10)8(6)11-13-9/h2-4H,1H3. The molecule has 13 heavy (non-hydrogen) atoms. The van der Waals surface area contributed by atoms with Crippen LogP contribution >= 0.6 is 15.9 Å². The highest BCUT2D eigenvalue weighted by Gasteiger charge is 2.13. The van der Waals surface area contributed by atoms with Crippen LogP contribution in [0.25, 0.3) is 10.9 Å². The second kappa shape index (κ2) is 2.96. The van der Waals surface area contributed by atoms with Crippen molar-refractivity contribution in [3.8, 4) is 0 Å². The molecule has 0 bridgehead atoms. The van der Waals surface area contributed by atoms with Crippen LogP contribution in [0.1, 0.15) is 17.5 Å². The number of fused-ring (bicyclic) bond motifs is 1. The van der Waals surface area contributed by atoms with Crippen LogP contribution in [0.5, 0.6) is 0 Å². The molecular formula is C9H6BrNO2. The maximum atomic E-state index is 11.1. The van der Waals surface area contributed by atoms with Gasteiger partial charge in [-0.05, 0) is 28.1 Å². The van der Waals surface area contributed by atoms with Gasteiger partial charge < -0.3 is 4.52 Å². The molecule has 0 aliphatic rings. The summed E-state index contributed by atoms with van der Waals surface area (Å²) in [5.41, 5.74) is 0.688. The van der Waals surface area contributed by atoms with Gasteiger partial charge >= 0.3 is 0 Å². The van der Waals surface area contributed by atoms with E-state index < -0.39 is 0 Å². The molecule has 0 atom stereocenters. The summed E-state index contributed by atoms with van der Waals surface area (Å²) in [5.74, 6) is 0.205. The summed E-state index contributed by atoms with van der Waals surface area (Å²) in [4.78, 5) is 11.1. The van der Waals surface area contributed by atoms with Gasteiger partial charge in [-0.1, -0.05) is 11.2 Å². The lowest BCUT2D eigenvalue weighted by atomic mass is 10.2. The zero-order chi connectivity index (χ0) is 9.42. The molecule has 0 unspecified atom stereocenters. The van der Waals surface area contributed by atoms with Gasteiger partial charge in [-0.25, -0.2) is 0 Å². The molecule has 1 aromatic carbocycles. The van der Waals surface area contributed by atoms with E-state index >= 15 is 0 Å². The summed E-state index contributed by atoms with van der Waals surface area (Å²) in [6.07, 6.45) is 0. The minimum absolute atomic E-state index is 0.111. The highest BCUT2D eigenvalue weighted by molar-refractivity contribution is 9.10. The molecule has 2 rings (SSSR count). The zero-order valence-corrected chi connectivity index (χ0v) is 8.46. The number of hydrogen-bond acceptors (Lipinski definition) is 3. The number of rotatable bonds is 1. The Morgan fingerprint density at radius 3 is 3.00 bits per heavy atom. The number of ketones is 1. The molecule has 0 radical (unpaired) electrons. The van der Waals surface area contributed by atoms with Gasteiger partial charge in [-0.2, -0.15) is 0 Å². The molecule has 0 fully saturated rings. The van der Waals surface area contributed by atoms with Gasteiger partial charge in [0.05, 0.1) is 5.39 Å². The molecule has 0 saturated heterocycles. The normalized spacial score (nSPS) is 10.6. The van der Waals surface area contributed by atoms with Crippen molar-refractivity contribution >= 4 is 32.6 Å². The lowest BCUT2D eigenvalue weighted by molar-refractivity contribution is 0.0981. The fourth-order valence-electron chi connectivity index (χ4n) is 1.19. The van der Waals surface area contributed by atoms with E-state index in [1.807, 2.05) is 18.2 Å². The van der Waals surface area contributed by atoms with Crippen molar-refractivity contribution in [2.45, 2.75) is 6.92 Å². The number of Topliss-reactive ketones (excluding diaryl/α,β-unsaturated/α-hetero) is 1. The summed E-state index contributed by atoms with van der Waals surface area (Å²) in [7, 11) is 0. The Morgan fingerprint density at radius 2 is 2.31 bits per heavy atom. The highest BCUT2D eigenvalue weighted by atomic mass is 79.9. The SMILES string of the molecule is CC(=O)c1onc2c(Br)cccc12. The number of nitrogens with zero attached hydrogens (tertiary/aromatic N) is 1. The summed E-state index contributed by atoms with van der Waals surface area (Å²) in [6.45, 7) is 1.46. The van der Waals surface area contributed by atoms with Crippen molar-refractivity contribution in [1.82, 2.24) is 5.16 Å². The van der Waals surface area contributed by atoms with E-state index in [-0.39, 0.29) is 5.78 Å². The molecule has 2 aromatic rings. The van der Waals surface area contributed by atoms with Gasteiger partial charge in [0.2, 0.25) is 5.76 Å². The van der Waals surface area contributed by atoms with E-state index in [2.05, 4.69) is 21.1 Å². The Labute approximate surface area is 82.8 Å². The predicted octanol–water partition coefficient (Wildman–Crippen LogP) is 2.79. The van der Waals surface area contributed by atoms with Crippen LogP contribution in [0.2, 0.25) is 0 Å². The lowest BCUT2D eigenvalue weighted by Gasteiger charge is -1.89. The third-order valence-corrected chi connectivity index (χ3v) is 2.42. The molecule has 0 spiro atoms. The number of carbonyl (C=O) groups excluding carboxylic acids is 1. The monoisotopic (exact) mass is 239 g/mol. The van der Waals surface area contributed by atoms with Crippen LogP contribution in [0.4, 0.5) is 0 Å². The average Bonchev–Trinajstić information content (AvgIpc) is 2.48. The van der Waals surface area contributed by atoms with Gasteiger partial charge in [0.1, 0.15) is 5.52 Å². The van der Waals surface area contributed by atoms with Crippen molar-refractivity contribution in [1.29, 1.82) is 0 Å². The number of benzene rings is 1. The first kappa shape index (κ1) is 8.44. The largest absolute Gasteiger partial charge is 0.352 e. The first-order valence-corrected chi connectivity index (χ1v) is 4.54. The van der Waals surface area contributed by atoms with Crippen LogP contribution in [-0.2, 0) is 0 Å². The molecule has 0 aliphatic carbocycles. The van der Waals surface area contributed by atoms with Crippen molar-refractivity contribution in [3.63, 3.8) is 0 Å². The van der Waals surface area contributed by atoms with Crippen molar-refractivity contribution in [2.24, 2.45) is 0 Å². The van der Waals surface area contributed by atoms with E-state index in [0.29, 0.717) is 11.3 Å². The van der Waals surface area contributed by atoms with E-state index in [9.17, 15) is 4.79 Å². The molecule has 3 nitrogen and oxygen atoms in total. The molecule has 0 aliphatic heterocycles. The van der Waals surface area contributed by atoms with Crippen molar-refractivity contribution in [2.75, 3.05) is 0 Å². The highest BCUT2D eigenvalue weighted by Crippen LogP contribution is 2.25. The van der Waals surface area contributed by atoms with E-state index in [4.69, 9.17) is 4.52 Å². The first-order chi connectivity index (χ1) is 6.20. The van der Waals surface area contributed by atoms with Crippen LogP contribution in [-0.4, -0.2) is 10.9 Å². The van der Waals surface area contributed by atoms with Gasteiger partial charge in [0.25, 0.3) is 0 Å². The van der Waals surface area contributed by atoms with Crippen molar-refractivity contribution in [3.05, 3.63) is 28.4 Å². The summed E-state index contributed by atoms with van der Waals surface area (Å²) in [6, 6.07) is 5.51. The third kappa shape index (κ3) is 1.27. The molecule has 1 heterocycles. The van der Waals surface area contributed by atoms with Crippen LogP contribution < -0.4 is 0 Å². The Bertz CT molecular complexity index is 475. The Hall–Kier alpha value is -1.16.